The van der Waals surface area contributed by atoms with E-state index in [4.69, 9.17) is 14.2 Å². The molecule has 0 aliphatic rings. The van der Waals surface area contributed by atoms with Gasteiger partial charge in [0.25, 0.3) is 0 Å². The predicted octanol–water partition coefficient (Wildman–Crippen LogP) is 3.74. The highest BCUT2D eigenvalue weighted by Gasteiger charge is 2.09. The molecule has 5 nitrogen and oxygen atoms in total. The summed E-state index contributed by atoms with van der Waals surface area (Å²) in [7, 11) is 4.85. The van der Waals surface area contributed by atoms with Crippen molar-refractivity contribution in [2.75, 3.05) is 21.3 Å². The Balaban J connectivity index is 0.00000192. The van der Waals surface area contributed by atoms with Crippen LogP contribution in [0.4, 0.5) is 0 Å². The molecule has 0 unspecified atom stereocenters. The van der Waals surface area contributed by atoms with Crippen LogP contribution < -0.4 is 14.2 Å². The molecular weight excluding hydrogens is 316 g/mol. The van der Waals surface area contributed by atoms with Gasteiger partial charge in [0.05, 0.1) is 44.3 Å². The summed E-state index contributed by atoms with van der Waals surface area (Å²) in [5.74, 6) is 2.08. The second-order valence-electron chi connectivity index (χ2n) is 4.68. The molecule has 1 heterocycles. The molecule has 3 rings (SSSR count). The normalized spacial score (nSPS) is 10.0. The zero-order chi connectivity index (χ0) is 15.5. The minimum absolute atomic E-state index is 0. The highest BCUT2D eigenvalue weighted by atomic mass is 35.5. The van der Waals surface area contributed by atoms with Gasteiger partial charge in [0.2, 0.25) is 0 Å². The number of fused-ring (bicyclic) bond motifs is 1. The third kappa shape index (κ3) is 3.29. The molecule has 0 radical (unpaired) electrons. The Morgan fingerprint density at radius 3 is 1.96 bits per heavy atom. The number of hydrogen-bond donors (Lipinski definition) is 0. The van der Waals surface area contributed by atoms with Crippen LogP contribution in [-0.2, 0) is 0 Å². The Labute approximate surface area is 140 Å². The molecule has 0 aliphatic heterocycles. The summed E-state index contributed by atoms with van der Waals surface area (Å²) in [6, 6.07) is 11.4. The number of rotatable bonds is 4. The standard InChI is InChI=1S/C17H16N2O3.ClH/c1-20-12-6-4-11(5-7-12)15-10-18-13-8-16(21-2)17(22-3)9-14(13)19-15;/h4-10H,1-3H3;1H. The van der Waals surface area contributed by atoms with Gasteiger partial charge in [-0.3, -0.25) is 4.98 Å². The summed E-state index contributed by atoms with van der Waals surface area (Å²) in [4.78, 5) is 9.10. The van der Waals surface area contributed by atoms with Gasteiger partial charge in [0, 0.05) is 17.7 Å². The number of methoxy groups -OCH3 is 3. The van der Waals surface area contributed by atoms with Gasteiger partial charge in [0.15, 0.2) is 11.5 Å². The number of hydrogen-bond acceptors (Lipinski definition) is 5. The van der Waals surface area contributed by atoms with Gasteiger partial charge < -0.3 is 14.2 Å². The molecule has 3 aromatic rings. The Morgan fingerprint density at radius 1 is 0.783 bits per heavy atom. The molecule has 1 aromatic heterocycles. The van der Waals surface area contributed by atoms with Gasteiger partial charge in [-0.1, -0.05) is 0 Å². The van der Waals surface area contributed by atoms with Gasteiger partial charge in [-0.05, 0) is 24.3 Å². The van der Waals surface area contributed by atoms with Gasteiger partial charge >= 0.3 is 0 Å². The first kappa shape index (κ1) is 16.8. The lowest BCUT2D eigenvalue weighted by molar-refractivity contribution is 0.355. The molecule has 0 amide bonds. The smallest absolute Gasteiger partial charge is 0.163 e. The predicted molar refractivity (Wildman–Crippen MR) is 91.9 cm³/mol. The maximum absolute atomic E-state index is 5.31. The van der Waals surface area contributed by atoms with E-state index >= 15 is 0 Å². The van der Waals surface area contributed by atoms with Crippen LogP contribution in [0.25, 0.3) is 22.3 Å². The SMILES string of the molecule is COc1ccc(-c2cnc3cc(OC)c(OC)cc3n2)cc1.Cl. The minimum atomic E-state index is 0. The molecule has 0 aliphatic carbocycles. The van der Waals surface area contributed by atoms with Gasteiger partial charge in [-0.15, -0.1) is 12.4 Å². The van der Waals surface area contributed by atoms with Crippen molar-refractivity contribution >= 4 is 23.4 Å². The molecule has 0 saturated carbocycles. The molecule has 6 heteroatoms. The maximum atomic E-state index is 5.31. The fourth-order valence-electron chi connectivity index (χ4n) is 2.24. The van der Waals surface area contributed by atoms with Crippen LogP contribution in [0.3, 0.4) is 0 Å². The van der Waals surface area contributed by atoms with Crippen molar-refractivity contribution in [3.05, 3.63) is 42.6 Å². The van der Waals surface area contributed by atoms with Crippen LogP contribution in [0.2, 0.25) is 0 Å². The van der Waals surface area contributed by atoms with Crippen molar-refractivity contribution in [3.8, 4) is 28.5 Å². The number of aromatic nitrogens is 2. The lowest BCUT2D eigenvalue weighted by Gasteiger charge is -2.09. The molecular formula is C17H17ClN2O3. The van der Waals surface area contributed by atoms with Gasteiger partial charge in [-0.25, -0.2) is 4.98 Å². The largest absolute Gasteiger partial charge is 0.497 e. The van der Waals surface area contributed by atoms with Crippen LogP contribution in [0.1, 0.15) is 0 Å². The molecule has 120 valence electrons. The average molecular weight is 333 g/mol. The highest BCUT2D eigenvalue weighted by Crippen LogP contribution is 2.31. The van der Waals surface area contributed by atoms with Gasteiger partial charge in [-0.2, -0.15) is 0 Å². The fourth-order valence-corrected chi connectivity index (χ4v) is 2.24. The fraction of sp³-hybridized carbons (Fsp3) is 0.176. The van der Waals surface area contributed by atoms with E-state index < -0.39 is 0 Å². The summed E-state index contributed by atoms with van der Waals surface area (Å²) in [6.07, 6.45) is 1.75. The van der Waals surface area contributed by atoms with Crippen molar-refractivity contribution < 1.29 is 14.2 Å². The first-order valence-electron chi connectivity index (χ1n) is 6.78. The summed E-state index contributed by atoms with van der Waals surface area (Å²) in [5, 5.41) is 0. The van der Waals surface area contributed by atoms with E-state index in [1.807, 2.05) is 36.4 Å². The van der Waals surface area contributed by atoms with Crippen LogP contribution >= 0.6 is 12.4 Å². The van der Waals surface area contributed by atoms with Crippen molar-refractivity contribution in [2.24, 2.45) is 0 Å². The van der Waals surface area contributed by atoms with Crippen molar-refractivity contribution in [2.45, 2.75) is 0 Å². The average Bonchev–Trinajstić information content (AvgIpc) is 2.60. The van der Waals surface area contributed by atoms with Crippen LogP contribution in [0, 0.1) is 0 Å². The quantitative estimate of drug-likeness (QED) is 0.728. The molecule has 2 aromatic carbocycles. The van der Waals surface area contributed by atoms with E-state index in [2.05, 4.69) is 9.97 Å². The van der Waals surface area contributed by atoms with Crippen molar-refractivity contribution in [3.63, 3.8) is 0 Å². The monoisotopic (exact) mass is 332 g/mol. The third-order valence-corrected chi connectivity index (χ3v) is 3.43. The van der Waals surface area contributed by atoms with Crippen LogP contribution in [0.15, 0.2) is 42.6 Å². The highest BCUT2D eigenvalue weighted by molar-refractivity contribution is 5.85. The minimum Gasteiger partial charge on any atom is -0.497 e. The second-order valence-corrected chi connectivity index (χ2v) is 4.68. The molecule has 0 spiro atoms. The summed E-state index contributed by atoms with van der Waals surface area (Å²) in [5.41, 5.74) is 3.29. The van der Waals surface area contributed by atoms with Crippen molar-refractivity contribution in [1.82, 2.24) is 9.97 Å². The Kier molecular flexibility index (Phi) is 5.24. The van der Waals surface area contributed by atoms with E-state index in [1.165, 1.54) is 0 Å². The lowest BCUT2D eigenvalue weighted by atomic mass is 10.1. The molecule has 23 heavy (non-hydrogen) atoms. The zero-order valence-corrected chi connectivity index (χ0v) is 13.9. The molecule has 0 saturated heterocycles. The van der Waals surface area contributed by atoms with E-state index in [0.717, 1.165) is 28.0 Å². The first-order valence-corrected chi connectivity index (χ1v) is 6.78. The van der Waals surface area contributed by atoms with E-state index in [0.29, 0.717) is 11.5 Å². The van der Waals surface area contributed by atoms with Crippen LogP contribution in [-0.4, -0.2) is 31.3 Å². The van der Waals surface area contributed by atoms with Crippen LogP contribution in [0.5, 0.6) is 17.2 Å². The zero-order valence-electron chi connectivity index (χ0n) is 13.1. The molecule has 0 bridgehead atoms. The molecule has 0 N–H and O–H groups in total. The Morgan fingerprint density at radius 2 is 1.39 bits per heavy atom. The Bertz CT molecular complexity index is 807. The second kappa shape index (κ2) is 7.15. The number of nitrogens with zero attached hydrogens (tertiary/aromatic N) is 2. The third-order valence-electron chi connectivity index (χ3n) is 3.43. The summed E-state index contributed by atoms with van der Waals surface area (Å²) < 4.78 is 15.8. The summed E-state index contributed by atoms with van der Waals surface area (Å²) >= 11 is 0. The first-order chi connectivity index (χ1) is 10.7. The lowest BCUT2D eigenvalue weighted by Crippen LogP contribution is -1.94. The topological polar surface area (TPSA) is 53.5 Å². The Hall–Kier alpha value is -2.53. The van der Waals surface area contributed by atoms with E-state index in [-0.39, 0.29) is 12.4 Å². The summed E-state index contributed by atoms with van der Waals surface area (Å²) in [6.45, 7) is 0. The van der Waals surface area contributed by atoms with Crippen molar-refractivity contribution in [1.29, 1.82) is 0 Å². The van der Waals surface area contributed by atoms with Gasteiger partial charge in [0.1, 0.15) is 5.75 Å². The molecule has 0 fully saturated rings. The number of halogens is 1. The van der Waals surface area contributed by atoms with E-state index in [1.54, 1.807) is 27.5 Å². The molecule has 0 atom stereocenters. The maximum Gasteiger partial charge on any atom is 0.163 e. The number of ether oxygens (including phenoxy) is 3. The number of benzene rings is 2. The van der Waals surface area contributed by atoms with E-state index in [9.17, 15) is 0 Å².